The van der Waals surface area contributed by atoms with Crippen LogP contribution in [0.4, 0.5) is 0 Å². The molecule has 0 aromatic rings. The van der Waals surface area contributed by atoms with Gasteiger partial charge in [0.2, 0.25) is 0 Å². The SMILES string of the molecule is CO[Si](CCCCCCCCCCCCCCCCCCCCCCCCCCCCCCN)(OC)OC. The Balaban J connectivity index is 3.13. The highest BCUT2D eigenvalue weighted by atomic mass is 28.4. The lowest BCUT2D eigenvalue weighted by Crippen LogP contribution is -2.42. The minimum Gasteiger partial charge on any atom is -0.377 e. The van der Waals surface area contributed by atoms with Gasteiger partial charge in [-0.05, 0) is 19.4 Å². The number of hydrogen-bond donors (Lipinski definition) is 1. The van der Waals surface area contributed by atoms with E-state index in [1.54, 1.807) is 21.3 Å². The first-order valence-corrected chi connectivity index (χ1v) is 19.0. The molecule has 0 aliphatic rings. The normalized spacial score (nSPS) is 12.0. The van der Waals surface area contributed by atoms with Crippen LogP contribution in [-0.2, 0) is 13.3 Å². The molecule has 4 nitrogen and oxygen atoms in total. The molecule has 0 aliphatic carbocycles. The predicted molar refractivity (Wildman–Crippen MR) is 170 cm³/mol. The van der Waals surface area contributed by atoms with Crippen LogP contribution in [-0.4, -0.2) is 36.7 Å². The minimum absolute atomic E-state index is 0.869. The third-order valence-corrected chi connectivity index (χ3v) is 11.2. The largest absolute Gasteiger partial charge is 0.500 e. The summed E-state index contributed by atoms with van der Waals surface area (Å²) in [6.07, 6.45) is 39.6. The monoisotopic (exact) mass is 558 g/mol. The molecule has 0 amide bonds. The summed E-state index contributed by atoms with van der Waals surface area (Å²) >= 11 is 0. The number of hydrogen-bond acceptors (Lipinski definition) is 4. The molecule has 0 aromatic carbocycles. The van der Waals surface area contributed by atoms with Crippen molar-refractivity contribution in [2.24, 2.45) is 5.73 Å². The summed E-state index contributed by atoms with van der Waals surface area (Å²) in [7, 11) is 2.78. The first-order valence-electron chi connectivity index (χ1n) is 17.1. The molecule has 0 atom stereocenters. The van der Waals surface area contributed by atoms with Gasteiger partial charge < -0.3 is 19.0 Å². The van der Waals surface area contributed by atoms with Gasteiger partial charge in [0.05, 0.1) is 0 Å². The van der Waals surface area contributed by atoms with Crippen LogP contribution < -0.4 is 5.73 Å². The first-order chi connectivity index (χ1) is 18.7. The summed E-state index contributed by atoms with van der Waals surface area (Å²) in [6, 6.07) is 0.938. The molecule has 5 heteroatoms. The zero-order valence-electron chi connectivity index (χ0n) is 26.5. The quantitative estimate of drug-likeness (QED) is 0.0644. The molecular weight excluding hydrogens is 486 g/mol. The summed E-state index contributed by atoms with van der Waals surface area (Å²) in [4.78, 5) is 0. The Morgan fingerprint density at radius 3 is 0.684 bits per heavy atom. The highest BCUT2D eigenvalue weighted by Gasteiger charge is 2.36. The van der Waals surface area contributed by atoms with Crippen LogP contribution in [0.3, 0.4) is 0 Å². The molecule has 0 heterocycles. The van der Waals surface area contributed by atoms with Gasteiger partial charge in [0.1, 0.15) is 0 Å². The van der Waals surface area contributed by atoms with Crippen LogP contribution in [0, 0.1) is 0 Å². The number of nitrogens with two attached hydrogens (primary N) is 1. The lowest BCUT2D eigenvalue weighted by Gasteiger charge is -2.24. The smallest absolute Gasteiger partial charge is 0.377 e. The second-order valence-corrected chi connectivity index (χ2v) is 14.8. The van der Waals surface area contributed by atoms with E-state index < -0.39 is 8.80 Å². The minimum atomic E-state index is -2.34. The standard InChI is InChI=1S/C33H71NO3Si/c1-35-38(36-2,37-3)33-31-29-27-25-23-21-19-17-15-13-11-9-7-5-4-6-8-10-12-14-16-18-20-22-24-26-28-30-32-34/h4-34H2,1-3H3. The summed E-state index contributed by atoms with van der Waals surface area (Å²) in [5.41, 5.74) is 5.54. The van der Waals surface area contributed by atoms with E-state index in [1.807, 2.05) is 0 Å². The fourth-order valence-corrected chi connectivity index (χ4v) is 7.43. The molecule has 0 spiro atoms. The molecule has 0 radical (unpaired) electrons. The van der Waals surface area contributed by atoms with E-state index in [1.165, 1.54) is 173 Å². The second-order valence-electron chi connectivity index (χ2n) is 11.7. The van der Waals surface area contributed by atoms with Gasteiger partial charge in [0, 0.05) is 27.4 Å². The van der Waals surface area contributed by atoms with E-state index >= 15 is 0 Å². The highest BCUT2D eigenvalue weighted by Crippen LogP contribution is 2.19. The van der Waals surface area contributed by atoms with Crippen LogP contribution in [0.5, 0.6) is 0 Å². The zero-order valence-corrected chi connectivity index (χ0v) is 27.5. The van der Waals surface area contributed by atoms with E-state index in [0.29, 0.717) is 0 Å². The average molecular weight is 558 g/mol. The van der Waals surface area contributed by atoms with E-state index in [2.05, 4.69) is 0 Å². The Labute approximate surface area is 241 Å². The van der Waals surface area contributed by atoms with Gasteiger partial charge in [-0.3, -0.25) is 0 Å². The van der Waals surface area contributed by atoms with Gasteiger partial charge in [0.15, 0.2) is 0 Å². The lowest BCUT2D eigenvalue weighted by molar-refractivity contribution is 0.122. The van der Waals surface area contributed by atoms with Gasteiger partial charge >= 0.3 is 8.80 Å². The summed E-state index contributed by atoms with van der Waals surface area (Å²) in [5, 5.41) is 0. The van der Waals surface area contributed by atoms with Gasteiger partial charge in [0.25, 0.3) is 0 Å². The Morgan fingerprint density at radius 2 is 0.500 bits per heavy atom. The third-order valence-electron chi connectivity index (χ3n) is 8.37. The molecule has 0 fully saturated rings. The molecule has 0 unspecified atom stereocenters. The summed E-state index contributed by atoms with van der Waals surface area (Å²) < 4.78 is 16.5. The third kappa shape index (κ3) is 26.3. The van der Waals surface area contributed by atoms with Crippen molar-refractivity contribution in [1.82, 2.24) is 0 Å². The van der Waals surface area contributed by atoms with Gasteiger partial charge in [-0.25, -0.2) is 0 Å². The van der Waals surface area contributed by atoms with E-state index in [-0.39, 0.29) is 0 Å². The Morgan fingerprint density at radius 1 is 0.316 bits per heavy atom. The van der Waals surface area contributed by atoms with Crippen LogP contribution in [0.25, 0.3) is 0 Å². The highest BCUT2D eigenvalue weighted by molar-refractivity contribution is 6.60. The van der Waals surface area contributed by atoms with Crippen molar-refractivity contribution in [3.63, 3.8) is 0 Å². The van der Waals surface area contributed by atoms with Crippen molar-refractivity contribution >= 4 is 8.80 Å². The van der Waals surface area contributed by atoms with Crippen molar-refractivity contribution in [2.45, 2.75) is 186 Å². The van der Waals surface area contributed by atoms with Gasteiger partial charge in [-0.15, -0.1) is 0 Å². The average Bonchev–Trinajstić information content (AvgIpc) is 2.94. The molecular formula is C33H71NO3Si. The maximum atomic E-state index is 5.54. The topological polar surface area (TPSA) is 53.7 Å². The lowest BCUT2D eigenvalue weighted by atomic mass is 10.0. The Bertz CT molecular complexity index is 426. The van der Waals surface area contributed by atoms with E-state index in [9.17, 15) is 0 Å². The predicted octanol–water partition coefficient (Wildman–Crippen LogP) is 10.7. The van der Waals surface area contributed by atoms with Gasteiger partial charge in [-0.2, -0.15) is 0 Å². The molecule has 0 bridgehead atoms. The van der Waals surface area contributed by atoms with Crippen LogP contribution in [0.2, 0.25) is 6.04 Å². The van der Waals surface area contributed by atoms with Crippen molar-refractivity contribution in [2.75, 3.05) is 27.9 Å². The van der Waals surface area contributed by atoms with Crippen LogP contribution in [0.1, 0.15) is 180 Å². The number of rotatable bonds is 33. The van der Waals surface area contributed by atoms with Crippen molar-refractivity contribution in [3.05, 3.63) is 0 Å². The summed E-state index contributed by atoms with van der Waals surface area (Å²) in [5.74, 6) is 0. The maximum absolute atomic E-state index is 5.54. The molecule has 0 rings (SSSR count). The van der Waals surface area contributed by atoms with Crippen molar-refractivity contribution < 1.29 is 13.3 Å². The molecule has 230 valence electrons. The molecule has 0 saturated carbocycles. The molecule has 2 N–H and O–H groups in total. The summed E-state index contributed by atoms with van der Waals surface area (Å²) in [6.45, 7) is 0.869. The fourth-order valence-electron chi connectivity index (χ4n) is 5.64. The molecule has 0 saturated heterocycles. The van der Waals surface area contributed by atoms with Crippen molar-refractivity contribution in [1.29, 1.82) is 0 Å². The van der Waals surface area contributed by atoms with Crippen molar-refractivity contribution in [3.8, 4) is 0 Å². The van der Waals surface area contributed by atoms with E-state index in [4.69, 9.17) is 19.0 Å². The number of unbranched alkanes of at least 4 members (excludes halogenated alkanes) is 27. The Hall–Kier alpha value is 0.0569. The molecule has 0 aromatic heterocycles. The Kier molecular flexibility index (Phi) is 31.6. The first kappa shape index (κ1) is 38.1. The van der Waals surface area contributed by atoms with Gasteiger partial charge in [-0.1, -0.05) is 167 Å². The van der Waals surface area contributed by atoms with E-state index in [0.717, 1.165) is 19.0 Å². The molecule has 38 heavy (non-hydrogen) atoms. The van der Waals surface area contributed by atoms with Crippen LogP contribution in [0.15, 0.2) is 0 Å². The molecule has 0 aliphatic heterocycles. The fraction of sp³-hybridized carbons (Fsp3) is 1.00. The second kappa shape index (κ2) is 31.6. The maximum Gasteiger partial charge on any atom is 0.500 e. The van der Waals surface area contributed by atoms with Crippen LogP contribution >= 0.6 is 0 Å². The zero-order chi connectivity index (χ0) is 27.8.